The van der Waals surface area contributed by atoms with E-state index in [9.17, 15) is 0 Å². The predicted octanol–water partition coefficient (Wildman–Crippen LogP) is 7.69. The molecular weight excluding hydrogens is 382 g/mol. The lowest BCUT2D eigenvalue weighted by molar-refractivity contribution is 0.0746. The second-order valence-corrected chi connectivity index (χ2v) is 11.1. The zero-order valence-electron chi connectivity index (χ0n) is 20.1. The van der Waals surface area contributed by atoms with E-state index in [2.05, 4.69) is 87.8 Å². The van der Waals surface area contributed by atoms with E-state index in [1.54, 1.807) is 7.11 Å². The topological polar surface area (TPSA) is 39.1 Å². The van der Waals surface area contributed by atoms with Crippen molar-refractivity contribution in [2.24, 2.45) is 10.8 Å². The van der Waals surface area contributed by atoms with Crippen LogP contribution < -0.4 is 10.1 Å². The van der Waals surface area contributed by atoms with Crippen molar-refractivity contribution in [2.75, 3.05) is 12.4 Å². The van der Waals surface area contributed by atoms with Gasteiger partial charge in [0.25, 0.3) is 0 Å². The van der Waals surface area contributed by atoms with E-state index in [0.29, 0.717) is 12.0 Å². The number of hydrogen-bond donors (Lipinski definition) is 1. The number of methoxy groups -OCH3 is 1. The molecule has 1 saturated carbocycles. The van der Waals surface area contributed by atoms with Gasteiger partial charge in [0.2, 0.25) is 5.95 Å². The zero-order valence-corrected chi connectivity index (χ0v) is 20.1. The molecule has 0 unspecified atom stereocenters. The molecule has 166 valence electrons. The molecule has 1 fully saturated rings. The van der Waals surface area contributed by atoms with E-state index >= 15 is 0 Å². The number of aromatic nitrogens is 2. The molecule has 1 aliphatic carbocycles. The molecule has 1 aromatic heterocycles. The van der Waals surface area contributed by atoms with Crippen molar-refractivity contribution < 1.29 is 4.74 Å². The summed E-state index contributed by atoms with van der Waals surface area (Å²) in [7, 11) is 1.72. The van der Waals surface area contributed by atoms with Crippen LogP contribution in [0.25, 0.3) is 11.0 Å². The molecule has 0 aliphatic heterocycles. The number of ether oxygens (including phenoxy) is 1. The van der Waals surface area contributed by atoms with Gasteiger partial charge in [-0.15, -0.1) is 0 Å². The largest absolute Gasteiger partial charge is 0.494 e. The van der Waals surface area contributed by atoms with Crippen molar-refractivity contribution >= 4 is 22.7 Å². The summed E-state index contributed by atoms with van der Waals surface area (Å²) in [5, 5.41) is 3.63. The van der Waals surface area contributed by atoms with E-state index in [1.807, 2.05) is 6.07 Å². The molecule has 4 nitrogen and oxygen atoms in total. The molecule has 0 bridgehead atoms. The van der Waals surface area contributed by atoms with Crippen molar-refractivity contribution in [3.05, 3.63) is 48.0 Å². The van der Waals surface area contributed by atoms with E-state index in [-0.39, 0.29) is 10.8 Å². The van der Waals surface area contributed by atoms with Gasteiger partial charge >= 0.3 is 0 Å². The lowest BCUT2D eigenvalue weighted by Crippen LogP contribution is -2.35. The Kier molecular flexibility index (Phi) is 5.53. The van der Waals surface area contributed by atoms with Crippen LogP contribution in [0.3, 0.4) is 0 Å². The molecule has 0 atom stereocenters. The molecule has 1 N–H and O–H groups in total. The van der Waals surface area contributed by atoms with Gasteiger partial charge < -0.3 is 14.6 Å². The number of rotatable bonds is 5. The smallest absolute Gasteiger partial charge is 0.208 e. The maximum atomic E-state index is 5.65. The van der Waals surface area contributed by atoms with Gasteiger partial charge in [0.05, 0.1) is 12.6 Å². The Balaban J connectivity index is 1.81. The summed E-state index contributed by atoms with van der Waals surface area (Å²) in [5.41, 5.74) is 5.05. The van der Waals surface area contributed by atoms with Gasteiger partial charge in [-0.05, 0) is 65.8 Å². The minimum atomic E-state index is 0.290. The van der Waals surface area contributed by atoms with Crippen LogP contribution in [0.15, 0.2) is 42.5 Å². The number of para-hydroxylation sites is 1. The standard InChI is InChI=1S/C27H37N3O/c1-18(2)19-11-13-20(14-12-19)28-25-29-24-22(9-8-10-23(24)31-7)30(25)21-15-26(3,4)17-27(5,6)16-21/h8-14,18,21H,15-17H2,1-7H3,(H,28,29). The van der Waals surface area contributed by atoms with Gasteiger partial charge in [0.15, 0.2) is 0 Å². The van der Waals surface area contributed by atoms with Crippen molar-refractivity contribution in [1.29, 1.82) is 0 Å². The average Bonchev–Trinajstić information content (AvgIpc) is 3.03. The maximum Gasteiger partial charge on any atom is 0.208 e. The molecule has 3 aromatic rings. The molecule has 0 spiro atoms. The van der Waals surface area contributed by atoms with E-state index in [0.717, 1.165) is 41.3 Å². The molecule has 0 radical (unpaired) electrons. The minimum Gasteiger partial charge on any atom is -0.494 e. The Hall–Kier alpha value is -2.49. The van der Waals surface area contributed by atoms with Gasteiger partial charge in [-0.2, -0.15) is 0 Å². The predicted molar refractivity (Wildman–Crippen MR) is 131 cm³/mol. The highest BCUT2D eigenvalue weighted by Gasteiger charge is 2.40. The first-order valence-electron chi connectivity index (χ1n) is 11.5. The first-order valence-corrected chi connectivity index (χ1v) is 11.5. The van der Waals surface area contributed by atoms with Crippen molar-refractivity contribution in [1.82, 2.24) is 9.55 Å². The summed E-state index contributed by atoms with van der Waals surface area (Å²) in [6, 6.07) is 15.3. The number of nitrogens with one attached hydrogen (secondary N) is 1. The van der Waals surface area contributed by atoms with Crippen LogP contribution in [-0.2, 0) is 0 Å². The number of anilines is 2. The third-order valence-corrected chi connectivity index (χ3v) is 6.64. The van der Waals surface area contributed by atoms with Crippen LogP contribution >= 0.6 is 0 Å². The molecule has 2 aromatic carbocycles. The lowest BCUT2D eigenvalue weighted by Gasteiger charge is -2.45. The SMILES string of the molecule is COc1cccc2c1nc(Nc1ccc(C(C)C)cc1)n2C1CC(C)(C)CC(C)(C)C1. The van der Waals surface area contributed by atoms with Crippen molar-refractivity contribution in [3.63, 3.8) is 0 Å². The minimum absolute atomic E-state index is 0.290. The Morgan fingerprint density at radius 2 is 1.65 bits per heavy atom. The Labute approximate surface area is 187 Å². The number of nitrogens with zero attached hydrogens (tertiary/aromatic N) is 2. The van der Waals surface area contributed by atoms with Gasteiger partial charge in [-0.25, -0.2) is 4.98 Å². The van der Waals surface area contributed by atoms with Gasteiger partial charge in [-0.1, -0.05) is 59.7 Å². The summed E-state index contributed by atoms with van der Waals surface area (Å²) in [5.74, 6) is 2.24. The summed E-state index contributed by atoms with van der Waals surface area (Å²) < 4.78 is 8.08. The Morgan fingerprint density at radius 3 is 2.23 bits per heavy atom. The van der Waals surface area contributed by atoms with Gasteiger partial charge in [0.1, 0.15) is 11.3 Å². The molecule has 4 rings (SSSR count). The van der Waals surface area contributed by atoms with E-state index < -0.39 is 0 Å². The zero-order chi connectivity index (χ0) is 22.4. The lowest BCUT2D eigenvalue weighted by atomic mass is 9.63. The fourth-order valence-electron chi connectivity index (χ4n) is 5.76. The van der Waals surface area contributed by atoms with Crippen LogP contribution in [0.2, 0.25) is 0 Å². The summed E-state index contributed by atoms with van der Waals surface area (Å²) in [4.78, 5) is 5.03. The Bertz CT molecular complexity index is 1040. The molecule has 31 heavy (non-hydrogen) atoms. The fourth-order valence-corrected chi connectivity index (χ4v) is 5.76. The van der Waals surface area contributed by atoms with Crippen LogP contribution in [0.1, 0.15) is 78.3 Å². The van der Waals surface area contributed by atoms with Crippen LogP contribution in [0.5, 0.6) is 5.75 Å². The highest BCUT2D eigenvalue weighted by Crippen LogP contribution is 2.51. The second-order valence-electron chi connectivity index (χ2n) is 11.1. The van der Waals surface area contributed by atoms with Gasteiger partial charge in [0, 0.05) is 11.7 Å². The maximum absolute atomic E-state index is 5.65. The highest BCUT2D eigenvalue weighted by atomic mass is 16.5. The fraction of sp³-hybridized carbons (Fsp3) is 0.519. The number of imidazole rings is 1. The molecule has 0 amide bonds. The third-order valence-electron chi connectivity index (χ3n) is 6.64. The summed E-state index contributed by atoms with van der Waals surface area (Å²) >= 11 is 0. The van der Waals surface area contributed by atoms with Crippen LogP contribution in [0.4, 0.5) is 11.6 Å². The quantitative estimate of drug-likeness (QED) is 0.461. The first kappa shape index (κ1) is 21.7. The molecule has 4 heteroatoms. The van der Waals surface area contributed by atoms with Crippen molar-refractivity contribution in [2.45, 2.75) is 72.8 Å². The number of benzene rings is 2. The molecule has 1 heterocycles. The van der Waals surface area contributed by atoms with E-state index in [4.69, 9.17) is 9.72 Å². The normalized spacial score (nSPS) is 18.5. The van der Waals surface area contributed by atoms with Crippen molar-refractivity contribution in [3.8, 4) is 5.75 Å². The van der Waals surface area contributed by atoms with E-state index in [1.165, 1.54) is 12.0 Å². The molecular formula is C27H37N3O. The molecule has 1 aliphatic rings. The second kappa shape index (κ2) is 7.89. The van der Waals surface area contributed by atoms with Gasteiger partial charge in [-0.3, -0.25) is 0 Å². The average molecular weight is 420 g/mol. The number of hydrogen-bond acceptors (Lipinski definition) is 3. The monoisotopic (exact) mass is 419 g/mol. The molecule has 0 saturated heterocycles. The summed E-state index contributed by atoms with van der Waals surface area (Å²) in [6.45, 7) is 14.1. The Morgan fingerprint density at radius 1 is 1.00 bits per heavy atom. The summed E-state index contributed by atoms with van der Waals surface area (Å²) in [6.07, 6.45) is 3.52. The van der Waals surface area contributed by atoms with Crippen LogP contribution in [-0.4, -0.2) is 16.7 Å². The highest BCUT2D eigenvalue weighted by molar-refractivity contribution is 5.85. The third kappa shape index (κ3) is 4.44. The number of fused-ring (bicyclic) bond motifs is 1. The first-order chi connectivity index (χ1) is 14.6. The van der Waals surface area contributed by atoms with Crippen LogP contribution in [0, 0.1) is 10.8 Å².